The number of nitrogens with zero attached hydrogens (tertiary/aromatic N) is 2. The first kappa shape index (κ1) is 23.2. The molecule has 0 spiro atoms. The summed E-state index contributed by atoms with van der Waals surface area (Å²) < 4.78 is 25.3. The molecule has 1 aromatic heterocycles. The van der Waals surface area contributed by atoms with Gasteiger partial charge in [0.15, 0.2) is 5.13 Å². The van der Waals surface area contributed by atoms with Crippen LogP contribution in [0.1, 0.15) is 12.8 Å². The van der Waals surface area contributed by atoms with Gasteiger partial charge in [0.1, 0.15) is 4.21 Å². The minimum absolute atomic E-state index is 0.0602. The second-order valence-corrected chi connectivity index (χ2v) is 11.0. The molecule has 2 aromatic carbocycles. The lowest BCUT2D eigenvalue weighted by Gasteiger charge is -2.03. The van der Waals surface area contributed by atoms with Crippen molar-refractivity contribution in [3.8, 4) is 0 Å². The molecule has 12 heteroatoms. The lowest BCUT2D eigenvalue weighted by atomic mass is 10.3. The summed E-state index contributed by atoms with van der Waals surface area (Å²) in [5, 5.41) is 14.2. The molecule has 0 aliphatic rings. The van der Waals surface area contributed by atoms with Crippen LogP contribution in [0, 0.1) is 10.1 Å². The number of non-ortho nitro benzene ring substituents is 1. The molecular weight excluding hydrogens is 482 g/mol. The fourth-order valence-corrected chi connectivity index (χ4v) is 5.87. The molecule has 0 saturated carbocycles. The first-order valence-corrected chi connectivity index (χ1v) is 12.6. The van der Waals surface area contributed by atoms with E-state index in [1.54, 1.807) is 23.9 Å². The molecule has 0 radical (unpaired) electrons. The molecule has 3 aromatic rings. The van der Waals surface area contributed by atoms with Gasteiger partial charge in [-0.05, 0) is 48.6 Å². The van der Waals surface area contributed by atoms with Gasteiger partial charge in [-0.3, -0.25) is 14.9 Å². The molecule has 1 N–H and O–H groups in total. The van der Waals surface area contributed by atoms with E-state index in [4.69, 9.17) is 11.6 Å². The van der Waals surface area contributed by atoms with Crippen molar-refractivity contribution in [2.45, 2.75) is 26.8 Å². The van der Waals surface area contributed by atoms with E-state index >= 15 is 0 Å². The van der Waals surface area contributed by atoms with Crippen LogP contribution in [-0.2, 0) is 14.6 Å². The molecule has 0 atom stereocenters. The summed E-state index contributed by atoms with van der Waals surface area (Å²) in [7, 11) is -3.88. The number of halogens is 1. The maximum absolute atomic E-state index is 12.7. The van der Waals surface area contributed by atoms with Gasteiger partial charge in [0.05, 0.1) is 16.0 Å². The second-order valence-electron chi connectivity index (χ2n) is 6.19. The molecule has 0 unspecified atom stereocenters. The lowest BCUT2D eigenvalue weighted by Crippen LogP contribution is -2.11. The normalized spacial score (nSPS) is 11.3. The summed E-state index contributed by atoms with van der Waals surface area (Å²) in [6.07, 6.45) is 2.07. The highest BCUT2D eigenvalue weighted by molar-refractivity contribution is 7.99. The number of thioether (sulfide) groups is 1. The smallest absolute Gasteiger partial charge is 0.269 e. The zero-order valence-electron chi connectivity index (χ0n) is 15.9. The van der Waals surface area contributed by atoms with Gasteiger partial charge in [0.25, 0.3) is 5.69 Å². The molecule has 0 saturated heterocycles. The summed E-state index contributed by atoms with van der Waals surface area (Å²) >= 11 is 8.28. The van der Waals surface area contributed by atoms with E-state index in [-0.39, 0.29) is 32.3 Å². The zero-order chi connectivity index (χ0) is 22.4. The Kier molecular flexibility index (Phi) is 7.65. The van der Waals surface area contributed by atoms with Gasteiger partial charge >= 0.3 is 0 Å². The summed E-state index contributed by atoms with van der Waals surface area (Å²) in [5.41, 5.74) is -0.203. The van der Waals surface area contributed by atoms with Crippen molar-refractivity contribution in [3.63, 3.8) is 0 Å². The van der Waals surface area contributed by atoms with E-state index in [0.717, 1.165) is 40.3 Å². The van der Waals surface area contributed by atoms with Crippen molar-refractivity contribution in [3.05, 3.63) is 69.9 Å². The standard InChI is InChI=1S/C19H16ClN3O5S3/c20-13-3-7-15(8-4-13)29-11-1-2-17(24)22-19-21-12-18(30-19)31(27,28)16-9-5-14(6-10-16)23(25)26/h3-10,12H,1-2,11H2,(H,21,22,24). The molecule has 1 amide bonds. The Balaban J connectivity index is 1.53. The molecule has 8 nitrogen and oxygen atoms in total. The molecule has 31 heavy (non-hydrogen) atoms. The summed E-state index contributed by atoms with van der Waals surface area (Å²) in [6.45, 7) is 0. The maximum Gasteiger partial charge on any atom is 0.269 e. The highest BCUT2D eigenvalue weighted by Crippen LogP contribution is 2.29. The third kappa shape index (κ3) is 6.26. The predicted octanol–water partition coefficient (Wildman–Crippen LogP) is 5.05. The summed E-state index contributed by atoms with van der Waals surface area (Å²) in [6, 6.07) is 12.0. The van der Waals surface area contributed by atoms with Gasteiger partial charge in [-0.2, -0.15) is 0 Å². The Morgan fingerprint density at radius 3 is 2.48 bits per heavy atom. The second kappa shape index (κ2) is 10.2. The first-order valence-electron chi connectivity index (χ1n) is 8.89. The van der Waals surface area contributed by atoms with Gasteiger partial charge in [-0.1, -0.05) is 22.9 Å². The number of carbonyl (C=O) groups excluding carboxylic acids is 1. The van der Waals surface area contributed by atoms with E-state index in [2.05, 4.69) is 10.3 Å². The molecule has 0 fully saturated rings. The van der Waals surface area contributed by atoms with Gasteiger partial charge < -0.3 is 5.32 Å². The predicted molar refractivity (Wildman–Crippen MR) is 121 cm³/mol. The number of hydrogen-bond donors (Lipinski definition) is 1. The number of amides is 1. The van der Waals surface area contributed by atoms with Crippen LogP contribution in [-0.4, -0.2) is 30.0 Å². The number of nitro groups is 1. The van der Waals surface area contributed by atoms with E-state index in [0.29, 0.717) is 11.4 Å². The Hall–Kier alpha value is -2.47. The number of hydrogen-bond acceptors (Lipinski definition) is 8. The van der Waals surface area contributed by atoms with E-state index in [1.165, 1.54) is 12.1 Å². The number of nitro benzene ring substituents is 1. The molecule has 3 rings (SSSR count). The van der Waals surface area contributed by atoms with E-state index < -0.39 is 14.8 Å². The summed E-state index contributed by atoms with van der Waals surface area (Å²) in [5.74, 6) is 0.484. The third-order valence-corrected chi connectivity index (χ3v) is 8.48. The average molecular weight is 498 g/mol. The van der Waals surface area contributed by atoms with E-state index in [9.17, 15) is 23.3 Å². The molecule has 0 aliphatic carbocycles. The molecule has 1 heterocycles. The van der Waals surface area contributed by atoms with Gasteiger partial charge in [-0.25, -0.2) is 13.4 Å². The number of thiazole rings is 1. The number of anilines is 1. The number of nitrogens with one attached hydrogen (secondary N) is 1. The Morgan fingerprint density at radius 2 is 1.84 bits per heavy atom. The van der Waals surface area contributed by atoms with Gasteiger partial charge in [0, 0.05) is 28.5 Å². The van der Waals surface area contributed by atoms with Crippen molar-refractivity contribution in [2.75, 3.05) is 11.1 Å². The molecular formula is C19H16ClN3O5S3. The van der Waals surface area contributed by atoms with Crippen LogP contribution in [0.3, 0.4) is 0 Å². The highest BCUT2D eigenvalue weighted by Gasteiger charge is 2.22. The zero-order valence-corrected chi connectivity index (χ0v) is 19.1. The Morgan fingerprint density at radius 1 is 1.16 bits per heavy atom. The molecule has 162 valence electrons. The SMILES string of the molecule is O=C(CCCSc1ccc(Cl)cc1)Nc1ncc(S(=O)(=O)c2ccc([N+](=O)[O-])cc2)s1. The fraction of sp³-hybridized carbons (Fsp3) is 0.158. The topological polar surface area (TPSA) is 119 Å². The van der Waals surface area contributed by atoms with Crippen molar-refractivity contribution in [2.24, 2.45) is 0 Å². The van der Waals surface area contributed by atoms with Crippen LogP contribution in [0.5, 0.6) is 0 Å². The van der Waals surface area contributed by atoms with Crippen molar-refractivity contribution < 1.29 is 18.1 Å². The highest BCUT2D eigenvalue weighted by atomic mass is 35.5. The molecule has 0 aliphatic heterocycles. The first-order chi connectivity index (χ1) is 14.8. The number of aromatic nitrogens is 1. The van der Waals surface area contributed by atoms with Gasteiger partial charge in [-0.15, -0.1) is 11.8 Å². The van der Waals surface area contributed by atoms with Crippen LogP contribution >= 0.6 is 34.7 Å². The largest absolute Gasteiger partial charge is 0.302 e. The lowest BCUT2D eigenvalue weighted by molar-refractivity contribution is -0.384. The van der Waals surface area contributed by atoms with Crippen LogP contribution in [0.2, 0.25) is 5.02 Å². The quantitative estimate of drug-likeness (QED) is 0.190. The molecule has 0 bridgehead atoms. The van der Waals surface area contributed by atoms with Crippen LogP contribution in [0.15, 0.2) is 68.7 Å². The number of carbonyl (C=O) groups is 1. The van der Waals surface area contributed by atoms with Crippen LogP contribution in [0.4, 0.5) is 10.8 Å². The maximum atomic E-state index is 12.7. The number of rotatable bonds is 9. The monoisotopic (exact) mass is 497 g/mol. The third-order valence-electron chi connectivity index (χ3n) is 3.98. The van der Waals surface area contributed by atoms with E-state index in [1.807, 2.05) is 12.1 Å². The van der Waals surface area contributed by atoms with Crippen LogP contribution < -0.4 is 5.32 Å². The number of sulfone groups is 1. The summed E-state index contributed by atoms with van der Waals surface area (Å²) in [4.78, 5) is 27.2. The Labute approximate surface area is 191 Å². The minimum atomic E-state index is -3.88. The number of benzene rings is 2. The van der Waals surface area contributed by atoms with Crippen LogP contribution in [0.25, 0.3) is 0 Å². The van der Waals surface area contributed by atoms with Gasteiger partial charge in [0.2, 0.25) is 15.7 Å². The average Bonchev–Trinajstić information content (AvgIpc) is 3.22. The fourth-order valence-electron chi connectivity index (χ4n) is 2.44. The van der Waals surface area contributed by atoms with Crippen molar-refractivity contribution in [1.82, 2.24) is 4.98 Å². The Bertz CT molecular complexity index is 1180. The van der Waals surface area contributed by atoms with Crippen molar-refractivity contribution in [1.29, 1.82) is 0 Å². The van der Waals surface area contributed by atoms with Crippen molar-refractivity contribution >= 4 is 61.3 Å². The minimum Gasteiger partial charge on any atom is -0.302 e.